The molecule has 0 spiro atoms. The zero-order valence-corrected chi connectivity index (χ0v) is 9.75. The number of rotatable bonds is 3. The standard InChI is InChI=1S/C13H21NO/c1-3-10(2)12-7-8-13(15-12)11-6-4-5-9-14-11/h7-8,10-11,14H,3-6,9H2,1-2H3. The number of nitrogens with one attached hydrogen (secondary N) is 1. The molecule has 0 radical (unpaired) electrons. The van der Waals surface area contributed by atoms with Gasteiger partial charge in [0.05, 0.1) is 6.04 Å². The predicted molar refractivity (Wildman–Crippen MR) is 62.0 cm³/mol. The number of piperidine rings is 1. The minimum atomic E-state index is 0.455. The molecule has 1 aromatic heterocycles. The van der Waals surface area contributed by atoms with E-state index in [1.807, 2.05) is 0 Å². The first kappa shape index (κ1) is 10.7. The average Bonchev–Trinajstić information content (AvgIpc) is 2.78. The number of hydrogen-bond donors (Lipinski definition) is 1. The largest absolute Gasteiger partial charge is 0.464 e. The van der Waals surface area contributed by atoms with Crippen LogP contribution in [0.5, 0.6) is 0 Å². The van der Waals surface area contributed by atoms with E-state index in [9.17, 15) is 0 Å². The molecule has 2 atom stereocenters. The SMILES string of the molecule is CCC(C)c1ccc(C2CCCCN2)o1. The van der Waals surface area contributed by atoms with Gasteiger partial charge < -0.3 is 9.73 Å². The molecule has 2 unspecified atom stereocenters. The molecular formula is C13H21NO. The van der Waals surface area contributed by atoms with Gasteiger partial charge in [-0.05, 0) is 37.9 Å². The predicted octanol–water partition coefficient (Wildman–Crippen LogP) is 3.61. The molecule has 0 amide bonds. The molecule has 15 heavy (non-hydrogen) atoms. The normalized spacial score (nSPS) is 24.0. The Morgan fingerprint density at radius 2 is 2.33 bits per heavy atom. The summed E-state index contributed by atoms with van der Waals surface area (Å²) in [5, 5.41) is 3.51. The van der Waals surface area contributed by atoms with E-state index >= 15 is 0 Å². The Kier molecular flexibility index (Phi) is 3.47. The van der Waals surface area contributed by atoms with Gasteiger partial charge in [-0.3, -0.25) is 0 Å². The van der Waals surface area contributed by atoms with E-state index in [0.29, 0.717) is 12.0 Å². The molecule has 0 aromatic carbocycles. The molecule has 1 saturated heterocycles. The first-order chi connectivity index (χ1) is 7.31. The second-order valence-corrected chi connectivity index (χ2v) is 4.55. The van der Waals surface area contributed by atoms with Gasteiger partial charge in [-0.15, -0.1) is 0 Å². The summed E-state index contributed by atoms with van der Waals surface area (Å²) < 4.78 is 5.91. The lowest BCUT2D eigenvalue weighted by Gasteiger charge is -2.21. The highest BCUT2D eigenvalue weighted by Crippen LogP contribution is 2.28. The minimum Gasteiger partial charge on any atom is -0.464 e. The van der Waals surface area contributed by atoms with E-state index < -0.39 is 0 Å². The van der Waals surface area contributed by atoms with Gasteiger partial charge in [0.15, 0.2) is 0 Å². The van der Waals surface area contributed by atoms with E-state index in [1.54, 1.807) is 0 Å². The van der Waals surface area contributed by atoms with Crippen LogP contribution in [0.4, 0.5) is 0 Å². The summed E-state index contributed by atoms with van der Waals surface area (Å²) in [6.07, 6.45) is 4.98. The zero-order valence-electron chi connectivity index (χ0n) is 9.75. The topological polar surface area (TPSA) is 25.2 Å². The fraction of sp³-hybridized carbons (Fsp3) is 0.692. The van der Waals surface area contributed by atoms with Crippen LogP contribution in [0.15, 0.2) is 16.5 Å². The van der Waals surface area contributed by atoms with E-state index in [0.717, 1.165) is 24.5 Å². The highest BCUT2D eigenvalue weighted by molar-refractivity contribution is 5.13. The van der Waals surface area contributed by atoms with E-state index in [4.69, 9.17) is 4.42 Å². The Morgan fingerprint density at radius 3 is 3.00 bits per heavy atom. The molecule has 2 rings (SSSR count). The van der Waals surface area contributed by atoms with Crippen LogP contribution in [-0.4, -0.2) is 6.54 Å². The average molecular weight is 207 g/mol. The lowest BCUT2D eigenvalue weighted by atomic mass is 10.0. The van der Waals surface area contributed by atoms with Crippen LogP contribution in [0.1, 0.15) is 63.0 Å². The van der Waals surface area contributed by atoms with Crippen LogP contribution >= 0.6 is 0 Å². The van der Waals surface area contributed by atoms with Crippen molar-refractivity contribution in [3.05, 3.63) is 23.7 Å². The van der Waals surface area contributed by atoms with Gasteiger partial charge in [0, 0.05) is 5.92 Å². The zero-order chi connectivity index (χ0) is 10.7. The van der Waals surface area contributed by atoms with Crippen molar-refractivity contribution in [2.45, 2.75) is 51.5 Å². The summed E-state index contributed by atoms with van der Waals surface area (Å²) in [6.45, 7) is 5.55. The molecule has 0 saturated carbocycles. The third kappa shape index (κ3) is 2.43. The van der Waals surface area contributed by atoms with Crippen LogP contribution < -0.4 is 5.32 Å². The van der Waals surface area contributed by atoms with Gasteiger partial charge in [-0.1, -0.05) is 20.3 Å². The van der Waals surface area contributed by atoms with E-state index in [2.05, 4.69) is 31.3 Å². The molecule has 1 N–H and O–H groups in total. The van der Waals surface area contributed by atoms with Gasteiger partial charge in [-0.25, -0.2) is 0 Å². The Morgan fingerprint density at radius 1 is 1.47 bits per heavy atom. The molecule has 1 aliphatic rings. The minimum absolute atomic E-state index is 0.455. The molecule has 1 aliphatic heterocycles. The number of hydrogen-bond acceptors (Lipinski definition) is 2. The van der Waals surface area contributed by atoms with Crippen molar-refractivity contribution in [3.8, 4) is 0 Å². The van der Waals surface area contributed by atoms with Crippen LogP contribution in [0.25, 0.3) is 0 Å². The van der Waals surface area contributed by atoms with Crippen LogP contribution in [-0.2, 0) is 0 Å². The Balaban J connectivity index is 2.05. The summed E-state index contributed by atoms with van der Waals surface area (Å²) >= 11 is 0. The van der Waals surface area contributed by atoms with Crippen LogP contribution in [0, 0.1) is 0 Å². The summed E-state index contributed by atoms with van der Waals surface area (Å²) in [5.74, 6) is 2.81. The third-order valence-corrected chi connectivity index (χ3v) is 3.40. The smallest absolute Gasteiger partial charge is 0.121 e. The van der Waals surface area contributed by atoms with Gasteiger partial charge >= 0.3 is 0 Å². The molecule has 0 aliphatic carbocycles. The maximum atomic E-state index is 5.91. The summed E-state index contributed by atoms with van der Waals surface area (Å²) in [5.41, 5.74) is 0. The number of furan rings is 1. The van der Waals surface area contributed by atoms with Crippen molar-refractivity contribution in [3.63, 3.8) is 0 Å². The van der Waals surface area contributed by atoms with Crippen molar-refractivity contribution in [1.82, 2.24) is 5.32 Å². The third-order valence-electron chi connectivity index (χ3n) is 3.40. The highest BCUT2D eigenvalue weighted by atomic mass is 16.3. The Bertz CT molecular complexity index is 299. The molecule has 84 valence electrons. The van der Waals surface area contributed by atoms with Gasteiger partial charge in [-0.2, -0.15) is 0 Å². The molecular weight excluding hydrogens is 186 g/mol. The van der Waals surface area contributed by atoms with Crippen molar-refractivity contribution in [2.24, 2.45) is 0 Å². The first-order valence-corrected chi connectivity index (χ1v) is 6.14. The van der Waals surface area contributed by atoms with Crippen molar-refractivity contribution < 1.29 is 4.42 Å². The fourth-order valence-corrected chi connectivity index (χ4v) is 2.12. The fourth-order valence-electron chi connectivity index (χ4n) is 2.12. The van der Waals surface area contributed by atoms with E-state index in [-0.39, 0.29) is 0 Å². The molecule has 1 aromatic rings. The maximum Gasteiger partial charge on any atom is 0.121 e. The first-order valence-electron chi connectivity index (χ1n) is 6.14. The summed E-state index contributed by atoms with van der Waals surface area (Å²) in [4.78, 5) is 0. The lowest BCUT2D eigenvalue weighted by molar-refractivity contribution is 0.332. The monoisotopic (exact) mass is 207 g/mol. The molecule has 1 fully saturated rings. The second-order valence-electron chi connectivity index (χ2n) is 4.55. The summed E-state index contributed by atoms with van der Waals surface area (Å²) in [6, 6.07) is 4.74. The van der Waals surface area contributed by atoms with Crippen molar-refractivity contribution >= 4 is 0 Å². The van der Waals surface area contributed by atoms with Gasteiger partial charge in [0.2, 0.25) is 0 Å². The lowest BCUT2D eigenvalue weighted by Crippen LogP contribution is -2.26. The Hall–Kier alpha value is -0.760. The van der Waals surface area contributed by atoms with Crippen LogP contribution in [0.3, 0.4) is 0 Å². The quantitative estimate of drug-likeness (QED) is 0.819. The highest BCUT2D eigenvalue weighted by Gasteiger charge is 2.18. The molecule has 2 heterocycles. The maximum absolute atomic E-state index is 5.91. The molecule has 2 heteroatoms. The second kappa shape index (κ2) is 4.84. The van der Waals surface area contributed by atoms with Gasteiger partial charge in [0.25, 0.3) is 0 Å². The van der Waals surface area contributed by atoms with Gasteiger partial charge in [0.1, 0.15) is 11.5 Å². The Labute approximate surface area is 92.1 Å². The van der Waals surface area contributed by atoms with E-state index in [1.165, 1.54) is 19.3 Å². The summed E-state index contributed by atoms with van der Waals surface area (Å²) in [7, 11) is 0. The van der Waals surface area contributed by atoms with Crippen LogP contribution in [0.2, 0.25) is 0 Å². The molecule has 2 nitrogen and oxygen atoms in total. The molecule has 0 bridgehead atoms. The van der Waals surface area contributed by atoms with Crippen molar-refractivity contribution in [2.75, 3.05) is 6.54 Å². The van der Waals surface area contributed by atoms with Crippen molar-refractivity contribution in [1.29, 1.82) is 0 Å².